The first kappa shape index (κ1) is 16.2. The van der Waals surface area contributed by atoms with Crippen LogP contribution in [0.25, 0.3) is 6.08 Å². The van der Waals surface area contributed by atoms with Crippen molar-refractivity contribution in [1.82, 2.24) is 0 Å². The third-order valence-electron chi connectivity index (χ3n) is 3.37. The van der Waals surface area contributed by atoms with Gasteiger partial charge in [-0.1, -0.05) is 54.3 Å². The number of carboxylic acids is 1. The smallest absolute Gasteiger partial charge is 0.336 e. The molecule has 24 heavy (non-hydrogen) atoms. The Kier molecular flexibility index (Phi) is 4.37. The third-order valence-corrected chi connectivity index (χ3v) is 4.67. The maximum atomic E-state index is 12.6. The highest BCUT2D eigenvalue weighted by Gasteiger charge is 2.33. The van der Waals surface area contributed by atoms with Crippen molar-refractivity contribution in [2.75, 3.05) is 4.90 Å². The zero-order chi connectivity index (χ0) is 17.3. The van der Waals surface area contributed by atoms with Gasteiger partial charge in [0.1, 0.15) is 0 Å². The Balaban J connectivity index is 1.97. The van der Waals surface area contributed by atoms with Crippen molar-refractivity contribution in [3.05, 3.63) is 64.6 Å². The normalized spacial score (nSPS) is 16.0. The second-order valence-electron chi connectivity index (χ2n) is 4.90. The summed E-state index contributed by atoms with van der Waals surface area (Å²) in [7, 11) is 0. The zero-order valence-corrected chi connectivity index (χ0v) is 13.8. The highest BCUT2D eigenvalue weighted by Crippen LogP contribution is 2.36. The lowest BCUT2D eigenvalue weighted by molar-refractivity contribution is -0.268. The van der Waals surface area contributed by atoms with Crippen molar-refractivity contribution < 1.29 is 19.8 Å². The number of hydrogen-bond acceptors (Lipinski definition) is 5. The molecule has 0 radical (unpaired) electrons. The first-order chi connectivity index (χ1) is 11.5. The summed E-state index contributed by atoms with van der Waals surface area (Å²) in [5, 5.41) is 20.4. The summed E-state index contributed by atoms with van der Waals surface area (Å²) in [6.07, 6.45) is 1.52. The molecule has 7 heteroatoms. The molecule has 0 saturated carbocycles. The molecule has 1 saturated heterocycles. The molecule has 5 nitrogen and oxygen atoms in total. The summed E-state index contributed by atoms with van der Waals surface area (Å²) in [5.41, 5.74) is 1.05. The van der Waals surface area contributed by atoms with Crippen molar-refractivity contribution in [3.8, 4) is 5.75 Å². The lowest BCUT2D eigenvalue weighted by Gasteiger charge is -2.15. The standard InChI is InChI=1S/C17H11NO4S2/c19-12-7-5-11(6-8-12)18-15(20)14(24-17(18)23)9-10-3-1-2-4-13(10)16(21)22/h1-9,19H,(H,21,22)/p-1/b14-9+. The van der Waals surface area contributed by atoms with Gasteiger partial charge in [-0.3, -0.25) is 9.69 Å². The predicted molar refractivity (Wildman–Crippen MR) is 94.9 cm³/mol. The van der Waals surface area contributed by atoms with E-state index in [0.717, 1.165) is 11.8 Å². The molecule has 0 spiro atoms. The molecule has 1 amide bonds. The van der Waals surface area contributed by atoms with Crippen molar-refractivity contribution in [2.24, 2.45) is 0 Å². The number of anilines is 1. The molecule has 0 unspecified atom stereocenters. The van der Waals surface area contributed by atoms with Crippen LogP contribution in [0.1, 0.15) is 15.9 Å². The monoisotopic (exact) mass is 356 g/mol. The Hall–Kier alpha value is -2.64. The average Bonchev–Trinajstić information content (AvgIpc) is 2.83. The number of carbonyl (C=O) groups is 2. The Morgan fingerprint density at radius 3 is 2.50 bits per heavy atom. The highest BCUT2D eigenvalue weighted by atomic mass is 32.2. The lowest BCUT2D eigenvalue weighted by atomic mass is 10.1. The maximum Gasteiger partial charge on any atom is 0.336 e. The Morgan fingerprint density at radius 1 is 1.17 bits per heavy atom. The van der Waals surface area contributed by atoms with E-state index in [1.165, 1.54) is 41.3 Å². The van der Waals surface area contributed by atoms with E-state index in [-0.39, 0.29) is 17.2 Å². The van der Waals surface area contributed by atoms with E-state index >= 15 is 0 Å². The van der Waals surface area contributed by atoms with Crippen LogP contribution in [0.3, 0.4) is 0 Å². The van der Waals surface area contributed by atoms with Crippen molar-refractivity contribution in [1.29, 1.82) is 0 Å². The minimum Gasteiger partial charge on any atom is -0.872 e. The van der Waals surface area contributed by atoms with Gasteiger partial charge in [0.2, 0.25) is 0 Å². The van der Waals surface area contributed by atoms with Crippen LogP contribution in [0, 0.1) is 0 Å². The fraction of sp³-hybridized carbons (Fsp3) is 0. The van der Waals surface area contributed by atoms with E-state index in [1.54, 1.807) is 18.2 Å². The largest absolute Gasteiger partial charge is 0.872 e. The first-order valence-electron chi connectivity index (χ1n) is 6.85. The second kappa shape index (κ2) is 6.46. The lowest BCUT2D eigenvalue weighted by Crippen LogP contribution is -2.27. The Morgan fingerprint density at radius 2 is 1.83 bits per heavy atom. The van der Waals surface area contributed by atoms with Gasteiger partial charge in [0.15, 0.2) is 4.32 Å². The summed E-state index contributed by atoms with van der Waals surface area (Å²) in [6, 6.07) is 12.2. The minimum absolute atomic E-state index is 0.110. The van der Waals surface area contributed by atoms with Crippen LogP contribution >= 0.6 is 24.0 Å². The van der Waals surface area contributed by atoms with Crippen LogP contribution in [0.5, 0.6) is 5.75 Å². The number of rotatable bonds is 3. The van der Waals surface area contributed by atoms with Crippen LogP contribution in [0.4, 0.5) is 5.69 Å². The van der Waals surface area contributed by atoms with Gasteiger partial charge in [0.05, 0.1) is 16.2 Å². The fourth-order valence-corrected chi connectivity index (χ4v) is 3.53. The zero-order valence-electron chi connectivity index (χ0n) is 12.1. The topological polar surface area (TPSA) is 80.7 Å². The number of nitrogens with zero attached hydrogens (tertiary/aromatic N) is 1. The molecule has 120 valence electrons. The number of hydrogen-bond donors (Lipinski definition) is 1. The molecule has 1 heterocycles. The summed E-state index contributed by atoms with van der Waals surface area (Å²) < 4.78 is 0.331. The van der Waals surface area contributed by atoms with E-state index < -0.39 is 5.97 Å². The number of thiocarbonyl (C=S) groups is 1. The van der Waals surface area contributed by atoms with E-state index in [4.69, 9.17) is 12.2 Å². The van der Waals surface area contributed by atoms with Crippen molar-refractivity contribution >= 4 is 51.9 Å². The highest BCUT2D eigenvalue weighted by molar-refractivity contribution is 8.27. The summed E-state index contributed by atoms with van der Waals surface area (Å²) in [4.78, 5) is 25.5. The number of carbonyl (C=O) groups excluding carboxylic acids is 1. The average molecular weight is 356 g/mol. The molecule has 2 aromatic carbocycles. The third kappa shape index (κ3) is 3.04. The predicted octanol–water partition coefficient (Wildman–Crippen LogP) is 2.86. The summed E-state index contributed by atoms with van der Waals surface area (Å²) in [5.74, 6) is -1.57. The van der Waals surface area contributed by atoms with Crippen molar-refractivity contribution in [3.63, 3.8) is 0 Å². The van der Waals surface area contributed by atoms with Crippen LogP contribution in [0.15, 0.2) is 53.4 Å². The number of aromatic carboxylic acids is 1. The number of carboxylic acid groups (broad SMARTS) is 1. The minimum atomic E-state index is -1.07. The molecule has 0 aromatic heterocycles. The molecule has 0 atom stereocenters. The van der Waals surface area contributed by atoms with E-state index in [2.05, 4.69) is 0 Å². The first-order valence-corrected chi connectivity index (χ1v) is 8.07. The molecule has 0 bridgehead atoms. The van der Waals surface area contributed by atoms with E-state index in [0.29, 0.717) is 20.5 Å². The van der Waals surface area contributed by atoms with Gasteiger partial charge in [-0.15, -0.1) is 5.75 Å². The summed E-state index contributed by atoms with van der Waals surface area (Å²) in [6.45, 7) is 0. The van der Waals surface area contributed by atoms with Crippen LogP contribution in [-0.2, 0) is 4.79 Å². The van der Waals surface area contributed by atoms with E-state index in [1.807, 2.05) is 0 Å². The summed E-state index contributed by atoms with van der Waals surface area (Å²) >= 11 is 6.34. The van der Waals surface area contributed by atoms with Crippen LogP contribution in [0.2, 0.25) is 0 Å². The second-order valence-corrected chi connectivity index (χ2v) is 6.58. The molecule has 1 aliphatic rings. The molecule has 1 fully saturated rings. The van der Waals surface area contributed by atoms with Gasteiger partial charge < -0.3 is 10.2 Å². The van der Waals surface area contributed by atoms with E-state index in [9.17, 15) is 19.8 Å². The molecular weight excluding hydrogens is 346 g/mol. The van der Waals surface area contributed by atoms with Gasteiger partial charge in [-0.25, -0.2) is 4.79 Å². The molecule has 1 aliphatic heterocycles. The van der Waals surface area contributed by atoms with Crippen LogP contribution < -0.4 is 10.0 Å². The van der Waals surface area contributed by atoms with Gasteiger partial charge in [0, 0.05) is 0 Å². The number of amides is 1. The molecular formula is C17H10NO4S2-. The quantitative estimate of drug-likeness (QED) is 0.673. The molecule has 1 N–H and O–H groups in total. The SMILES string of the molecule is O=C(O)c1ccccc1/C=C1/SC(=S)N(c2ccc([O-])cc2)C1=O. The van der Waals surface area contributed by atoms with Gasteiger partial charge in [-0.05, 0) is 29.8 Å². The van der Waals surface area contributed by atoms with Crippen molar-refractivity contribution in [2.45, 2.75) is 0 Å². The van der Waals surface area contributed by atoms with Crippen LogP contribution in [-0.4, -0.2) is 21.3 Å². The maximum absolute atomic E-state index is 12.6. The molecule has 3 rings (SSSR count). The molecule has 0 aliphatic carbocycles. The molecule has 2 aromatic rings. The van der Waals surface area contributed by atoms with Gasteiger partial charge in [-0.2, -0.15) is 0 Å². The fourth-order valence-electron chi connectivity index (χ4n) is 2.24. The number of thioether (sulfide) groups is 1. The van der Waals surface area contributed by atoms with Gasteiger partial charge in [0.25, 0.3) is 5.91 Å². The Bertz CT molecular complexity index is 874. The van der Waals surface area contributed by atoms with Gasteiger partial charge >= 0.3 is 5.97 Å². The Labute approximate surface area is 147 Å². The number of benzene rings is 2.